The molecule has 1 aliphatic carbocycles. The van der Waals surface area contributed by atoms with Crippen molar-refractivity contribution in [2.45, 2.75) is 19.0 Å². The fourth-order valence-electron chi connectivity index (χ4n) is 9.30. The van der Waals surface area contributed by atoms with Crippen LogP contribution in [0.3, 0.4) is 0 Å². The molecular formula is C57H40N4O. The molecule has 2 aliphatic rings. The average Bonchev–Trinajstić information content (AvgIpc) is 3.89. The van der Waals surface area contributed by atoms with Gasteiger partial charge in [-0.3, -0.25) is 0 Å². The van der Waals surface area contributed by atoms with Crippen molar-refractivity contribution in [3.05, 3.63) is 229 Å². The lowest BCUT2D eigenvalue weighted by Crippen LogP contribution is -2.33. The van der Waals surface area contributed by atoms with Crippen LogP contribution in [0.1, 0.15) is 41.3 Å². The molecule has 0 radical (unpaired) electrons. The molecule has 294 valence electrons. The lowest BCUT2D eigenvalue weighted by molar-refractivity contribution is 0.667. The zero-order valence-electron chi connectivity index (χ0n) is 33.9. The third kappa shape index (κ3) is 6.25. The van der Waals surface area contributed by atoms with Crippen molar-refractivity contribution in [2.75, 3.05) is 0 Å². The minimum absolute atomic E-state index is 0.337. The van der Waals surface area contributed by atoms with E-state index >= 15 is 0 Å². The standard InChI is InChI=1S/C57H40N4O/c1-5-15-37(16-6-1)41-23-13-24-44(33-41)56-58-55(40-21-11-4-12-22-40)59-57(60-56)48-25-14-26-52-54(48)47-31-29-45(36-53(47)62-52)61-50-32-28-42(38-17-7-2-8-18-38)34-49(50)46-30-27-43(35-51(46)61)39-19-9-3-10-20-39/h1-5,7-15,17-36,56H,6,16H2,(H,58,59,60). The summed E-state index contributed by atoms with van der Waals surface area (Å²) < 4.78 is 9.17. The monoisotopic (exact) mass is 796 g/mol. The number of aliphatic imine (C=N–C) groups is 2. The fraction of sp³-hybridized carbons (Fsp3) is 0.0526. The van der Waals surface area contributed by atoms with Crippen molar-refractivity contribution in [1.82, 2.24) is 9.88 Å². The minimum Gasteiger partial charge on any atom is -0.456 e. The van der Waals surface area contributed by atoms with E-state index < -0.39 is 0 Å². The molecule has 1 unspecified atom stereocenters. The molecule has 5 nitrogen and oxygen atoms in total. The number of fused-ring (bicyclic) bond motifs is 6. The predicted octanol–water partition coefficient (Wildman–Crippen LogP) is 14.2. The lowest BCUT2D eigenvalue weighted by Gasteiger charge is -2.24. The molecule has 12 rings (SSSR count). The van der Waals surface area contributed by atoms with E-state index in [2.05, 4.69) is 198 Å². The summed E-state index contributed by atoms with van der Waals surface area (Å²) in [7, 11) is 0. The molecule has 1 atom stereocenters. The van der Waals surface area contributed by atoms with Gasteiger partial charge in [0.15, 0.2) is 5.84 Å². The summed E-state index contributed by atoms with van der Waals surface area (Å²) >= 11 is 0. The summed E-state index contributed by atoms with van der Waals surface area (Å²) in [6, 6.07) is 66.8. The van der Waals surface area contributed by atoms with Crippen LogP contribution in [0.15, 0.2) is 221 Å². The highest BCUT2D eigenvalue weighted by atomic mass is 16.3. The zero-order valence-corrected chi connectivity index (χ0v) is 33.9. The Morgan fingerprint density at radius 1 is 0.532 bits per heavy atom. The maximum atomic E-state index is 6.78. The number of amidine groups is 2. The van der Waals surface area contributed by atoms with Gasteiger partial charge in [0.1, 0.15) is 23.2 Å². The van der Waals surface area contributed by atoms with E-state index in [4.69, 9.17) is 14.4 Å². The summed E-state index contributed by atoms with van der Waals surface area (Å²) in [6.45, 7) is 0. The molecule has 2 aromatic heterocycles. The Balaban J connectivity index is 0.997. The van der Waals surface area contributed by atoms with E-state index in [1.54, 1.807) is 0 Å². The van der Waals surface area contributed by atoms with Crippen LogP contribution in [0.5, 0.6) is 0 Å². The quantitative estimate of drug-likeness (QED) is 0.175. The number of benzene rings is 8. The molecular weight excluding hydrogens is 757 g/mol. The third-order valence-corrected chi connectivity index (χ3v) is 12.3. The molecule has 0 saturated heterocycles. The van der Waals surface area contributed by atoms with Gasteiger partial charge in [0.2, 0.25) is 0 Å². The molecule has 5 heteroatoms. The van der Waals surface area contributed by atoms with Gasteiger partial charge >= 0.3 is 0 Å². The molecule has 8 aromatic carbocycles. The van der Waals surface area contributed by atoms with E-state index in [-0.39, 0.29) is 6.17 Å². The van der Waals surface area contributed by atoms with Crippen LogP contribution in [-0.2, 0) is 0 Å². The van der Waals surface area contributed by atoms with Crippen LogP contribution < -0.4 is 5.32 Å². The number of aromatic nitrogens is 1. The fourth-order valence-corrected chi connectivity index (χ4v) is 9.30. The van der Waals surface area contributed by atoms with Gasteiger partial charge < -0.3 is 14.3 Å². The first kappa shape index (κ1) is 35.9. The molecule has 0 saturated carbocycles. The van der Waals surface area contributed by atoms with Crippen molar-refractivity contribution >= 4 is 61.0 Å². The van der Waals surface area contributed by atoms with Crippen LogP contribution in [0, 0.1) is 0 Å². The highest BCUT2D eigenvalue weighted by Crippen LogP contribution is 2.40. The predicted molar refractivity (Wildman–Crippen MR) is 257 cm³/mol. The second-order valence-electron chi connectivity index (χ2n) is 16.1. The van der Waals surface area contributed by atoms with Gasteiger partial charge in [0.25, 0.3) is 0 Å². The van der Waals surface area contributed by atoms with E-state index in [0.717, 1.165) is 74.0 Å². The van der Waals surface area contributed by atoms with E-state index in [9.17, 15) is 0 Å². The van der Waals surface area contributed by atoms with Crippen molar-refractivity contribution in [1.29, 1.82) is 0 Å². The molecule has 10 aromatic rings. The molecule has 1 N–H and O–H groups in total. The van der Waals surface area contributed by atoms with Crippen LogP contribution in [0.2, 0.25) is 0 Å². The first-order valence-corrected chi connectivity index (χ1v) is 21.3. The van der Waals surface area contributed by atoms with Gasteiger partial charge in [0.05, 0.1) is 11.0 Å². The Labute approximate surface area is 359 Å². The summed E-state index contributed by atoms with van der Waals surface area (Å²) in [4.78, 5) is 10.4. The van der Waals surface area contributed by atoms with Gasteiger partial charge in [-0.1, -0.05) is 158 Å². The smallest absolute Gasteiger partial charge is 0.159 e. The van der Waals surface area contributed by atoms with Crippen molar-refractivity contribution in [3.63, 3.8) is 0 Å². The van der Waals surface area contributed by atoms with Crippen LogP contribution in [0.4, 0.5) is 0 Å². The minimum atomic E-state index is -0.337. The van der Waals surface area contributed by atoms with Gasteiger partial charge in [-0.15, -0.1) is 0 Å². The molecule has 0 spiro atoms. The second kappa shape index (κ2) is 14.9. The van der Waals surface area contributed by atoms with Crippen LogP contribution in [-0.4, -0.2) is 16.2 Å². The molecule has 3 heterocycles. The van der Waals surface area contributed by atoms with Gasteiger partial charge in [-0.05, 0) is 94.3 Å². The number of hydrogen-bond acceptors (Lipinski definition) is 4. The summed E-state index contributed by atoms with van der Waals surface area (Å²) in [5.74, 6) is 1.45. The SMILES string of the molecule is C1=CCCC(c2cccc(C3N=C(c4ccccc4)N=C(c4cccc5oc6cc(-n7c8ccc(-c9ccccc9)cc8c8ccc(-c9ccccc9)cc87)ccc6c45)N3)c2)=C1. The lowest BCUT2D eigenvalue weighted by atomic mass is 9.95. The number of rotatable bonds is 7. The Kier molecular flexibility index (Phi) is 8.63. The Hall–Kier alpha value is -8.02. The van der Waals surface area contributed by atoms with Gasteiger partial charge in [-0.25, -0.2) is 9.98 Å². The van der Waals surface area contributed by atoms with Crippen molar-refractivity contribution in [3.8, 4) is 27.9 Å². The topological polar surface area (TPSA) is 54.8 Å². The Morgan fingerprint density at radius 2 is 1.24 bits per heavy atom. The summed E-state index contributed by atoms with van der Waals surface area (Å²) in [5, 5.41) is 8.21. The number of nitrogens with one attached hydrogen (secondary N) is 1. The van der Waals surface area contributed by atoms with Gasteiger partial charge in [-0.2, -0.15) is 0 Å². The van der Waals surface area contributed by atoms with E-state index in [1.807, 2.05) is 18.2 Å². The largest absolute Gasteiger partial charge is 0.456 e. The normalized spacial score (nSPS) is 15.2. The molecule has 0 amide bonds. The first-order chi connectivity index (χ1) is 30.7. The average molecular weight is 797 g/mol. The van der Waals surface area contributed by atoms with E-state index in [0.29, 0.717) is 5.84 Å². The summed E-state index contributed by atoms with van der Waals surface area (Å²) in [6.07, 6.45) is 8.36. The first-order valence-electron chi connectivity index (χ1n) is 21.3. The molecule has 1 aliphatic heterocycles. The number of allylic oxidation sites excluding steroid dienone is 4. The maximum Gasteiger partial charge on any atom is 0.159 e. The number of hydrogen-bond donors (Lipinski definition) is 1. The maximum absolute atomic E-state index is 6.78. The summed E-state index contributed by atoms with van der Waals surface area (Å²) in [5.41, 5.74) is 15.3. The second-order valence-corrected chi connectivity index (χ2v) is 16.1. The van der Waals surface area contributed by atoms with Crippen LogP contribution in [0.25, 0.3) is 77.3 Å². The molecule has 0 bridgehead atoms. The Morgan fingerprint density at radius 3 is 2.02 bits per heavy atom. The highest BCUT2D eigenvalue weighted by Gasteiger charge is 2.25. The van der Waals surface area contributed by atoms with Crippen molar-refractivity contribution in [2.24, 2.45) is 9.98 Å². The van der Waals surface area contributed by atoms with Gasteiger partial charge in [0, 0.05) is 44.4 Å². The molecule has 62 heavy (non-hydrogen) atoms. The van der Waals surface area contributed by atoms with E-state index in [1.165, 1.54) is 44.2 Å². The number of nitrogens with zero attached hydrogens (tertiary/aromatic N) is 3. The third-order valence-electron chi connectivity index (χ3n) is 12.3. The van der Waals surface area contributed by atoms with Crippen LogP contribution >= 0.6 is 0 Å². The zero-order chi connectivity index (χ0) is 41.0. The van der Waals surface area contributed by atoms with Crippen molar-refractivity contribution < 1.29 is 4.42 Å². The Bertz CT molecular complexity index is 3480. The number of furan rings is 1. The highest BCUT2D eigenvalue weighted by molar-refractivity contribution is 6.22. The molecule has 0 fully saturated rings.